The molecular weight excluding hydrogens is 218 g/mol. The Morgan fingerprint density at radius 1 is 1.83 bits per heavy atom. The smallest absolute Gasteiger partial charge is 0.120 e. The molecule has 1 atom stereocenters. The molecule has 0 saturated heterocycles. The van der Waals surface area contributed by atoms with E-state index >= 15 is 0 Å². The van der Waals surface area contributed by atoms with Crippen molar-refractivity contribution in [1.82, 2.24) is 5.32 Å². The quantitative estimate of drug-likeness (QED) is 0.860. The molecular formula is C9H12BrNO. The summed E-state index contributed by atoms with van der Waals surface area (Å²) in [6, 6.07) is 4.07. The second kappa shape index (κ2) is 4.48. The van der Waals surface area contributed by atoms with E-state index in [1.807, 2.05) is 12.1 Å². The molecule has 0 bridgehead atoms. The van der Waals surface area contributed by atoms with E-state index in [9.17, 15) is 0 Å². The molecule has 0 aliphatic heterocycles. The van der Waals surface area contributed by atoms with Crippen molar-refractivity contribution in [3.05, 3.63) is 35.2 Å². The van der Waals surface area contributed by atoms with E-state index in [0.717, 1.165) is 16.8 Å². The first-order valence-electron chi connectivity index (χ1n) is 3.80. The maximum absolute atomic E-state index is 5.22. The Hall–Kier alpha value is -0.540. The van der Waals surface area contributed by atoms with Crippen LogP contribution in [0.2, 0.25) is 0 Å². The molecule has 66 valence electrons. The average molecular weight is 230 g/mol. The van der Waals surface area contributed by atoms with Gasteiger partial charge in [0.05, 0.1) is 12.3 Å². The van der Waals surface area contributed by atoms with Crippen LogP contribution >= 0.6 is 15.9 Å². The van der Waals surface area contributed by atoms with Gasteiger partial charge in [-0.3, -0.25) is 0 Å². The minimum absolute atomic E-state index is 0.231. The van der Waals surface area contributed by atoms with Gasteiger partial charge in [-0.15, -0.1) is 0 Å². The fourth-order valence-electron chi connectivity index (χ4n) is 0.902. The lowest BCUT2D eigenvalue weighted by atomic mass is 10.2. The molecule has 1 heterocycles. The zero-order valence-corrected chi connectivity index (χ0v) is 8.60. The predicted octanol–water partition coefficient (Wildman–Crippen LogP) is 2.84. The van der Waals surface area contributed by atoms with E-state index in [4.69, 9.17) is 4.42 Å². The van der Waals surface area contributed by atoms with Crippen LogP contribution in [0.15, 0.2) is 33.9 Å². The molecule has 0 aliphatic rings. The Kier molecular flexibility index (Phi) is 3.56. The third kappa shape index (κ3) is 2.83. The number of furan rings is 1. The van der Waals surface area contributed by atoms with E-state index in [1.54, 1.807) is 6.26 Å². The van der Waals surface area contributed by atoms with Gasteiger partial charge in [0.25, 0.3) is 0 Å². The second-order valence-corrected chi connectivity index (χ2v) is 3.76. The third-order valence-electron chi connectivity index (χ3n) is 1.57. The van der Waals surface area contributed by atoms with Gasteiger partial charge < -0.3 is 9.73 Å². The van der Waals surface area contributed by atoms with Crippen LogP contribution in [0.3, 0.4) is 0 Å². The van der Waals surface area contributed by atoms with Crippen molar-refractivity contribution < 1.29 is 4.42 Å². The molecule has 0 amide bonds. The molecule has 0 fully saturated rings. The summed E-state index contributed by atoms with van der Waals surface area (Å²) in [4.78, 5) is 0. The van der Waals surface area contributed by atoms with E-state index in [2.05, 4.69) is 34.7 Å². The lowest BCUT2D eigenvalue weighted by molar-refractivity contribution is 0.441. The molecule has 0 unspecified atom stereocenters. The van der Waals surface area contributed by atoms with Gasteiger partial charge in [-0.25, -0.2) is 0 Å². The van der Waals surface area contributed by atoms with Crippen LogP contribution in [0.4, 0.5) is 0 Å². The summed E-state index contributed by atoms with van der Waals surface area (Å²) in [7, 11) is 0. The average Bonchev–Trinajstić information content (AvgIpc) is 2.51. The molecule has 1 aromatic rings. The summed E-state index contributed by atoms with van der Waals surface area (Å²) < 4.78 is 6.17. The molecule has 0 spiro atoms. The highest BCUT2D eigenvalue weighted by Crippen LogP contribution is 2.12. The van der Waals surface area contributed by atoms with Crippen molar-refractivity contribution in [2.45, 2.75) is 13.0 Å². The van der Waals surface area contributed by atoms with Crippen LogP contribution in [0.5, 0.6) is 0 Å². The van der Waals surface area contributed by atoms with Crippen LogP contribution in [0.1, 0.15) is 18.7 Å². The van der Waals surface area contributed by atoms with E-state index in [1.165, 1.54) is 0 Å². The minimum Gasteiger partial charge on any atom is -0.468 e. The van der Waals surface area contributed by atoms with Gasteiger partial charge in [0.15, 0.2) is 0 Å². The number of rotatable bonds is 4. The molecule has 1 aromatic heterocycles. The topological polar surface area (TPSA) is 25.2 Å². The minimum atomic E-state index is 0.231. The van der Waals surface area contributed by atoms with Gasteiger partial charge >= 0.3 is 0 Å². The molecule has 2 nitrogen and oxygen atoms in total. The van der Waals surface area contributed by atoms with Crippen molar-refractivity contribution in [3.8, 4) is 0 Å². The molecule has 0 saturated carbocycles. The fraction of sp³-hybridized carbons (Fsp3) is 0.333. The van der Waals surface area contributed by atoms with Crippen LogP contribution in [-0.4, -0.2) is 6.54 Å². The Balaban J connectivity index is 2.39. The molecule has 1 rings (SSSR count). The predicted molar refractivity (Wildman–Crippen MR) is 53.2 cm³/mol. The highest BCUT2D eigenvalue weighted by molar-refractivity contribution is 9.11. The zero-order valence-electron chi connectivity index (χ0n) is 7.01. The largest absolute Gasteiger partial charge is 0.468 e. The van der Waals surface area contributed by atoms with Gasteiger partial charge in [-0.2, -0.15) is 0 Å². The zero-order chi connectivity index (χ0) is 8.97. The Labute approximate surface area is 80.8 Å². The highest BCUT2D eigenvalue weighted by Gasteiger charge is 2.05. The monoisotopic (exact) mass is 229 g/mol. The number of nitrogens with one attached hydrogen (secondary N) is 1. The van der Waals surface area contributed by atoms with Gasteiger partial charge in [0, 0.05) is 11.0 Å². The van der Waals surface area contributed by atoms with Crippen molar-refractivity contribution >= 4 is 15.9 Å². The Morgan fingerprint density at radius 2 is 2.58 bits per heavy atom. The van der Waals surface area contributed by atoms with Gasteiger partial charge in [0.1, 0.15) is 5.76 Å². The molecule has 12 heavy (non-hydrogen) atoms. The van der Waals surface area contributed by atoms with Crippen molar-refractivity contribution in [2.24, 2.45) is 0 Å². The summed E-state index contributed by atoms with van der Waals surface area (Å²) in [5.41, 5.74) is 0. The molecule has 0 aliphatic carbocycles. The molecule has 0 aromatic carbocycles. The third-order valence-corrected chi connectivity index (χ3v) is 1.85. The highest BCUT2D eigenvalue weighted by atomic mass is 79.9. The van der Waals surface area contributed by atoms with Crippen molar-refractivity contribution in [3.63, 3.8) is 0 Å². The van der Waals surface area contributed by atoms with Crippen molar-refractivity contribution in [1.29, 1.82) is 0 Å². The lowest BCUT2D eigenvalue weighted by Crippen LogP contribution is -2.19. The molecule has 0 radical (unpaired) electrons. The van der Waals surface area contributed by atoms with Crippen LogP contribution in [0, 0.1) is 0 Å². The standard InChI is InChI=1S/C9H12BrNO/c1-7(10)6-11-8(2)9-4-3-5-12-9/h3-5,8,11H,1,6H2,2H3/t8-/m1/s1. The van der Waals surface area contributed by atoms with Crippen LogP contribution in [0.25, 0.3) is 0 Å². The van der Waals surface area contributed by atoms with Gasteiger partial charge in [0.2, 0.25) is 0 Å². The molecule has 1 N–H and O–H groups in total. The second-order valence-electron chi connectivity index (χ2n) is 2.64. The summed E-state index contributed by atoms with van der Waals surface area (Å²) in [5, 5.41) is 3.24. The van der Waals surface area contributed by atoms with Crippen LogP contribution < -0.4 is 5.32 Å². The Bertz CT molecular complexity index is 243. The van der Waals surface area contributed by atoms with E-state index < -0.39 is 0 Å². The number of hydrogen-bond acceptors (Lipinski definition) is 2. The molecule has 3 heteroatoms. The first kappa shape index (κ1) is 9.55. The fourth-order valence-corrected chi connectivity index (χ4v) is 1.06. The SMILES string of the molecule is C=C(Br)CN[C@H](C)c1ccco1. The number of hydrogen-bond donors (Lipinski definition) is 1. The normalized spacial score (nSPS) is 12.8. The van der Waals surface area contributed by atoms with Crippen molar-refractivity contribution in [2.75, 3.05) is 6.54 Å². The summed E-state index contributed by atoms with van der Waals surface area (Å²) in [6.45, 7) is 6.53. The summed E-state index contributed by atoms with van der Waals surface area (Å²) in [6.07, 6.45) is 1.68. The summed E-state index contributed by atoms with van der Waals surface area (Å²) in [5.74, 6) is 0.948. The van der Waals surface area contributed by atoms with Gasteiger partial charge in [-0.1, -0.05) is 22.5 Å². The first-order valence-corrected chi connectivity index (χ1v) is 4.59. The van der Waals surface area contributed by atoms with Gasteiger partial charge in [-0.05, 0) is 19.1 Å². The lowest BCUT2D eigenvalue weighted by Gasteiger charge is -2.09. The first-order chi connectivity index (χ1) is 5.70. The number of halogens is 1. The maximum atomic E-state index is 5.22. The maximum Gasteiger partial charge on any atom is 0.120 e. The van der Waals surface area contributed by atoms with E-state index in [-0.39, 0.29) is 6.04 Å². The van der Waals surface area contributed by atoms with E-state index in [0.29, 0.717) is 0 Å². The Morgan fingerprint density at radius 3 is 3.08 bits per heavy atom. The summed E-state index contributed by atoms with van der Waals surface area (Å²) >= 11 is 3.28. The van der Waals surface area contributed by atoms with Crippen LogP contribution in [-0.2, 0) is 0 Å².